The molecule has 1 fully saturated rings. The van der Waals surface area contributed by atoms with E-state index in [1.165, 1.54) is 25.7 Å². The Balaban J connectivity index is 2.04. The molecule has 0 saturated heterocycles. The van der Waals surface area contributed by atoms with Gasteiger partial charge in [-0.3, -0.25) is 0 Å². The third-order valence-electron chi connectivity index (χ3n) is 3.66. The lowest BCUT2D eigenvalue weighted by Gasteiger charge is -2.28. The van der Waals surface area contributed by atoms with Gasteiger partial charge in [-0.2, -0.15) is 0 Å². The van der Waals surface area contributed by atoms with Crippen LogP contribution < -0.4 is 5.73 Å². The number of tetrazole rings is 1. The second-order valence-corrected chi connectivity index (χ2v) is 5.03. The number of hydrogen-bond donors (Lipinski definition) is 1. The molecule has 3 unspecified atom stereocenters. The molecule has 16 heavy (non-hydrogen) atoms. The number of nitrogens with zero attached hydrogens (tertiary/aromatic N) is 4. The van der Waals surface area contributed by atoms with E-state index in [0.717, 1.165) is 18.3 Å². The molecule has 0 aliphatic heterocycles. The van der Waals surface area contributed by atoms with Gasteiger partial charge in [0.15, 0.2) is 5.82 Å². The minimum atomic E-state index is -0.0890. The van der Waals surface area contributed by atoms with Crippen LogP contribution in [-0.4, -0.2) is 20.2 Å². The summed E-state index contributed by atoms with van der Waals surface area (Å²) in [5.41, 5.74) is 5.84. The largest absolute Gasteiger partial charge is 0.322 e. The lowest BCUT2D eigenvalue weighted by Crippen LogP contribution is -2.25. The van der Waals surface area contributed by atoms with E-state index < -0.39 is 0 Å². The van der Waals surface area contributed by atoms with Crippen LogP contribution in [0.2, 0.25) is 0 Å². The summed E-state index contributed by atoms with van der Waals surface area (Å²) in [6.07, 6.45) is 5.33. The third-order valence-corrected chi connectivity index (χ3v) is 3.66. The standard InChI is InChI=1S/C11H21N5/c1-8-5-3-4-6-10(8)7-16-11(9(2)12)13-14-15-16/h8-10H,3-7,12H2,1-2H3. The van der Waals surface area contributed by atoms with Crippen molar-refractivity contribution in [3.05, 3.63) is 5.82 Å². The molecular weight excluding hydrogens is 202 g/mol. The fraction of sp³-hybridized carbons (Fsp3) is 0.909. The van der Waals surface area contributed by atoms with Crippen molar-refractivity contribution >= 4 is 0 Å². The van der Waals surface area contributed by atoms with E-state index in [9.17, 15) is 0 Å². The topological polar surface area (TPSA) is 69.6 Å². The van der Waals surface area contributed by atoms with Gasteiger partial charge in [-0.1, -0.05) is 26.2 Å². The van der Waals surface area contributed by atoms with Crippen LogP contribution in [0.3, 0.4) is 0 Å². The Bertz CT molecular complexity index is 333. The first kappa shape index (κ1) is 11.5. The van der Waals surface area contributed by atoms with Gasteiger partial charge in [0.2, 0.25) is 0 Å². The van der Waals surface area contributed by atoms with Crippen molar-refractivity contribution in [2.24, 2.45) is 17.6 Å². The van der Waals surface area contributed by atoms with Crippen LogP contribution in [0.4, 0.5) is 0 Å². The van der Waals surface area contributed by atoms with E-state index in [1.54, 1.807) is 0 Å². The summed E-state index contributed by atoms with van der Waals surface area (Å²) in [5, 5.41) is 11.7. The quantitative estimate of drug-likeness (QED) is 0.843. The average molecular weight is 223 g/mol. The minimum Gasteiger partial charge on any atom is -0.322 e. The molecule has 90 valence electrons. The molecular formula is C11H21N5. The van der Waals surface area contributed by atoms with Crippen molar-refractivity contribution in [3.8, 4) is 0 Å². The van der Waals surface area contributed by atoms with Gasteiger partial charge in [-0.15, -0.1) is 5.10 Å². The van der Waals surface area contributed by atoms with E-state index >= 15 is 0 Å². The van der Waals surface area contributed by atoms with Gasteiger partial charge < -0.3 is 5.73 Å². The smallest absolute Gasteiger partial charge is 0.167 e. The van der Waals surface area contributed by atoms with Gasteiger partial charge >= 0.3 is 0 Å². The molecule has 5 heteroatoms. The number of nitrogens with two attached hydrogens (primary N) is 1. The summed E-state index contributed by atoms with van der Waals surface area (Å²) in [6.45, 7) is 5.18. The highest BCUT2D eigenvalue weighted by Crippen LogP contribution is 2.30. The van der Waals surface area contributed by atoms with E-state index in [4.69, 9.17) is 5.73 Å². The Morgan fingerprint density at radius 2 is 2.19 bits per heavy atom. The third kappa shape index (κ3) is 2.40. The van der Waals surface area contributed by atoms with Crippen LogP contribution in [-0.2, 0) is 6.54 Å². The molecule has 0 amide bonds. The lowest BCUT2D eigenvalue weighted by molar-refractivity contribution is 0.217. The fourth-order valence-electron chi connectivity index (χ4n) is 2.55. The van der Waals surface area contributed by atoms with E-state index in [1.807, 2.05) is 11.6 Å². The fourth-order valence-corrected chi connectivity index (χ4v) is 2.55. The number of hydrogen-bond acceptors (Lipinski definition) is 4. The molecule has 0 aromatic carbocycles. The average Bonchev–Trinajstić information content (AvgIpc) is 2.69. The van der Waals surface area contributed by atoms with E-state index in [2.05, 4.69) is 22.4 Å². The van der Waals surface area contributed by atoms with Crippen LogP contribution >= 0.6 is 0 Å². The predicted octanol–water partition coefficient (Wildman–Crippen LogP) is 1.52. The highest BCUT2D eigenvalue weighted by Gasteiger charge is 2.23. The Hall–Kier alpha value is -0.970. The van der Waals surface area contributed by atoms with Crippen molar-refractivity contribution < 1.29 is 0 Å². The molecule has 2 N–H and O–H groups in total. The van der Waals surface area contributed by atoms with Crippen molar-refractivity contribution in [2.45, 2.75) is 52.1 Å². The molecule has 1 aliphatic rings. The molecule has 0 bridgehead atoms. The monoisotopic (exact) mass is 223 g/mol. The maximum absolute atomic E-state index is 5.84. The first-order valence-electron chi connectivity index (χ1n) is 6.20. The summed E-state index contributed by atoms with van der Waals surface area (Å²) in [4.78, 5) is 0. The van der Waals surface area contributed by atoms with Crippen molar-refractivity contribution in [1.29, 1.82) is 0 Å². The summed E-state index contributed by atoms with van der Waals surface area (Å²) >= 11 is 0. The summed E-state index contributed by atoms with van der Waals surface area (Å²) in [7, 11) is 0. The Morgan fingerprint density at radius 1 is 1.44 bits per heavy atom. The molecule has 0 radical (unpaired) electrons. The Kier molecular flexibility index (Phi) is 3.53. The molecule has 1 saturated carbocycles. The van der Waals surface area contributed by atoms with Crippen LogP contribution in [0.1, 0.15) is 51.4 Å². The van der Waals surface area contributed by atoms with Gasteiger partial charge in [0.1, 0.15) is 0 Å². The molecule has 5 nitrogen and oxygen atoms in total. The second-order valence-electron chi connectivity index (χ2n) is 5.03. The maximum Gasteiger partial charge on any atom is 0.167 e. The van der Waals surface area contributed by atoms with Crippen LogP contribution in [0.15, 0.2) is 0 Å². The van der Waals surface area contributed by atoms with Crippen LogP contribution in [0.25, 0.3) is 0 Å². The Labute approximate surface area is 96.4 Å². The van der Waals surface area contributed by atoms with E-state index in [-0.39, 0.29) is 6.04 Å². The minimum absolute atomic E-state index is 0.0890. The molecule has 2 rings (SSSR count). The molecule has 1 heterocycles. The first-order chi connectivity index (χ1) is 7.68. The van der Waals surface area contributed by atoms with Gasteiger partial charge in [0, 0.05) is 6.54 Å². The summed E-state index contributed by atoms with van der Waals surface area (Å²) in [5.74, 6) is 2.28. The Morgan fingerprint density at radius 3 is 2.88 bits per heavy atom. The maximum atomic E-state index is 5.84. The normalized spacial score (nSPS) is 27.9. The SMILES string of the molecule is CC(N)c1nnnn1CC1CCCCC1C. The first-order valence-corrected chi connectivity index (χ1v) is 6.20. The molecule has 1 aromatic rings. The molecule has 1 aromatic heterocycles. The molecule has 0 spiro atoms. The molecule has 1 aliphatic carbocycles. The zero-order valence-electron chi connectivity index (χ0n) is 10.1. The van der Waals surface area contributed by atoms with Crippen molar-refractivity contribution in [2.75, 3.05) is 0 Å². The van der Waals surface area contributed by atoms with Gasteiger partial charge in [-0.05, 0) is 35.6 Å². The summed E-state index contributed by atoms with van der Waals surface area (Å²) < 4.78 is 1.89. The number of rotatable bonds is 3. The zero-order chi connectivity index (χ0) is 11.5. The van der Waals surface area contributed by atoms with Crippen LogP contribution in [0, 0.1) is 11.8 Å². The second kappa shape index (κ2) is 4.91. The summed E-state index contributed by atoms with van der Waals surface area (Å²) in [6, 6.07) is -0.0890. The van der Waals surface area contributed by atoms with E-state index in [0.29, 0.717) is 5.92 Å². The highest BCUT2D eigenvalue weighted by molar-refractivity contribution is 4.88. The van der Waals surface area contributed by atoms with Gasteiger partial charge in [-0.25, -0.2) is 4.68 Å². The lowest BCUT2D eigenvalue weighted by atomic mass is 9.80. The van der Waals surface area contributed by atoms with Crippen LogP contribution in [0.5, 0.6) is 0 Å². The number of aromatic nitrogens is 4. The van der Waals surface area contributed by atoms with Gasteiger partial charge in [0.05, 0.1) is 6.04 Å². The zero-order valence-corrected chi connectivity index (χ0v) is 10.1. The predicted molar refractivity (Wildman–Crippen MR) is 61.5 cm³/mol. The highest BCUT2D eigenvalue weighted by atomic mass is 15.5. The van der Waals surface area contributed by atoms with Crippen molar-refractivity contribution in [1.82, 2.24) is 20.2 Å². The van der Waals surface area contributed by atoms with Crippen molar-refractivity contribution in [3.63, 3.8) is 0 Å². The molecule has 3 atom stereocenters. The van der Waals surface area contributed by atoms with Gasteiger partial charge in [0.25, 0.3) is 0 Å².